The number of ether oxygens (including phenoxy) is 7. The topological polar surface area (TPSA) is 306 Å². The Morgan fingerprint density at radius 1 is 0.549 bits per heavy atom. The molecule has 0 bridgehead atoms. The van der Waals surface area contributed by atoms with Crippen LogP contribution in [-0.2, 0) is 110 Å². The summed E-state index contributed by atoms with van der Waals surface area (Å²) in [5.41, 5.74) is 0. The van der Waals surface area contributed by atoms with E-state index >= 15 is 0 Å². The molecule has 0 aromatic heterocycles. The number of carbonyl (C=O) groups is 4. The molecule has 296 valence electrons. The summed E-state index contributed by atoms with van der Waals surface area (Å²) >= 11 is 0. The maximum Gasteiger partial charge on any atom is 0.303 e. The largest absolute Gasteiger partial charge is 0.456 e. The molecule has 0 unspecified atom stereocenters. The molecule has 23 nitrogen and oxygen atoms in total. The zero-order valence-corrected chi connectivity index (χ0v) is 31.5. The zero-order chi connectivity index (χ0) is 39.3. The Kier molecular flexibility index (Phi) is 14.9. The Morgan fingerprint density at radius 2 is 0.980 bits per heavy atom. The Labute approximate surface area is 293 Å². The first-order valence-electron chi connectivity index (χ1n) is 14.1. The Morgan fingerprint density at radius 3 is 1.41 bits per heavy atom. The van der Waals surface area contributed by atoms with Gasteiger partial charge in [-0.1, -0.05) is 0 Å². The third-order valence-corrected chi connectivity index (χ3v) is 8.45. The van der Waals surface area contributed by atoms with Gasteiger partial charge in [0.25, 0.3) is 40.5 Å². The Balaban J connectivity index is 2.92. The van der Waals surface area contributed by atoms with Gasteiger partial charge in [-0.15, -0.1) is 0 Å². The van der Waals surface area contributed by atoms with Crippen LogP contribution in [0.1, 0.15) is 27.7 Å². The highest BCUT2D eigenvalue weighted by molar-refractivity contribution is 7.86. The third-order valence-electron chi connectivity index (χ3n) is 6.21. The fourth-order valence-corrected chi connectivity index (χ4v) is 6.46. The standard InChI is InChI=1S/C24H38O23S4/c1-12(25)40-18-16(9-37-48(5,29)30)44-23(21(47-51(8,35)36)20(18)42-14(3)27)46-24(11-39-50(7,33)34)22(43-15(4)28)19(41-13(2)26)17(45-24)10-38-49(6,31)32/h16-23H,9-11H2,1-8H3/t16-,17-,18-,19-,20+,21-,22+,23-,24+/m1/s1. The van der Waals surface area contributed by atoms with E-state index in [1.165, 1.54) is 0 Å². The lowest BCUT2D eigenvalue weighted by Gasteiger charge is -2.46. The monoisotopic (exact) mass is 822 g/mol. The van der Waals surface area contributed by atoms with Crippen LogP contribution in [0.3, 0.4) is 0 Å². The highest BCUT2D eigenvalue weighted by Crippen LogP contribution is 2.42. The minimum absolute atomic E-state index is 0.528. The van der Waals surface area contributed by atoms with E-state index in [1.54, 1.807) is 0 Å². The lowest BCUT2D eigenvalue weighted by Crippen LogP contribution is -2.65. The molecule has 0 N–H and O–H groups in total. The maximum atomic E-state index is 12.5. The highest BCUT2D eigenvalue weighted by atomic mass is 32.2. The number of carbonyl (C=O) groups excluding carboxylic acids is 4. The summed E-state index contributed by atoms with van der Waals surface area (Å²) in [5, 5.41) is 0. The zero-order valence-electron chi connectivity index (χ0n) is 28.3. The summed E-state index contributed by atoms with van der Waals surface area (Å²) < 4.78 is 155. The molecule has 2 saturated heterocycles. The molecular weight excluding hydrogens is 785 g/mol. The molecule has 2 rings (SSSR count). The van der Waals surface area contributed by atoms with E-state index in [2.05, 4.69) is 0 Å². The van der Waals surface area contributed by atoms with Crippen LogP contribution in [0.25, 0.3) is 0 Å². The SMILES string of the molecule is CC(=O)O[C@@H]1[C@@H](OS(C)(=O)=O)[C@@H](O[C@]2(COS(C)(=O)=O)O[C@H](COS(C)(=O)=O)[C@@H](OC(C)=O)[C@@H]2OC(C)=O)O[C@H](COS(C)(=O)=O)[C@H]1OC(C)=O. The lowest BCUT2D eigenvalue weighted by atomic mass is 9.98. The molecule has 9 atom stereocenters. The van der Waals surface area contributed by atoms with Crippen LogP contribution in [0.5, 0.6) is 0 Å². The molecule has 2 aliphatic rings. The normalized spacial score (nSPS) is 30.3. The Hall–Kier alpha value is -2.60. The van der Waals surface area contributed by atoms with Gasteiger partial charge < -0.3 is 33.2 Å². The molecule has 51 heavy (non-hydrogen) atoms. The van der Waals surface area contributed by atoms with Crippen molar-refractivity contribution in [3.63, 3.8) is 0 Å². The highest BCUT2D eigenvalue weighted by Gasteiger charge is 2.64. The van der Waals surface area contributed by atoms with Crippen molar-refractivity contribution >= 4 is 64.3 Å². The summed E-state index contributed by atoms with van der Waals surface area (Å²) in [5.74, 6) is -7.36. The van der Waals surface area contributed by atoms with Crippen LogP contribution in [-0.4, -0.2) is 157 Å². The molecule has 0 amide bonds. The molecule has 2 heterocycles. The summed E-state index contributed by atoms with van der Waals surface area (Å²) in [6.45, 7) is 0.0978. The van der Waals surface area contributed by atoms with Crippen LogP contribution in [0.2, 0.25) is 0 Å². The van der Waals surface area contributed by atoms with Gasteiger partial charge in [0.15, 0.2) is 36.8 Å². The van der Waals surface area contributed by atoms with Crippen molar-refractivity contribution in [3.05, 3.63) is 0 Å². The van der Waals surface area contributed by atoms with Crippen molar-refractivity contribution in [2.24, 2.45) is 0 Å². The van der Waals surface area contributed by atoms with Gasteiger partial charge in [0.05, 0.1) is 38.2 Å². The number of esters is 4. The van der Waals surface area contributed by atoms with E-state index in [0.717, 1.165) is 27.7 Å². The lowest BCUT2D eigenvalue weighted by molar-refractivity contribution is -0.378. The quantitative estimate of drug-likeness (QED) is 0.0793. The minimum Gasteiger partial charge on any atom is -0.456 e. The molecule has 2 aliphatic heterocycles. The fraction of sp³-hybridized carbons (Fsp3) is 0.833. The molecule has 27 heteroatoms. The second-order valence-corrected chi connectivity index (χ2v) is 17.6. The molecular formula is C24H38O23S4. The van der Waals surface area contributed by atoms with Gasteiger partial charge in [-0.05, 0) is 0 Å². The first-order chi connectivity index (χ1) is 23.0. The predicted molar refractivity (Wildman–Crippen MR) is 162 cm³/mol. The van der Waals surface area contributed by atoms with E-state index in [1.807, 2.05) is 0 Å². The van der Waals surface area contributed by atoms with E-state index < -0.39 is 139 Å². The van der Waals surface area contributed by atoms with Gasteiger partial charge in [0.1, 0.15) is 18.8 Å². The molecule has 0 aromatic rings. The second-order valence-electron chi connectivity index (χ2n) is 11.1. The summed E-state index contributed by atoms with van der Waals surface area (Å²) in [6.07, 6.45) is -13.8. The van der Waals surface area contributed by atoms with E-state index in [0.29, 0.717) is 25.0 Å². The molecule has 0 radical (unpaired) electrons. The molecule has 0 saturated carbocycles. The van der Waals surface area contributed by atoms with Crippen LogP contribution >= 0.6 is 0 Å². The van der Waals surface area contributed by atoms with Crippen molar-refractivity contribution in [3.8, 4) is 0 Å². The van der Waals surface area contributed by atoms with Crippen molar-refractivity contribution in [2.45, 2.75) is 82.5 Å². The molecule has 2 fully saturated rings. The number of hydrogen-bond acceptors (Lipinski definition) is 23. The first kappa shape index (κ1) is 44.6. The number of rotatable bonds is 17. The van der Waals surface area contributed by atoms with E-state index in [-0.39, 0.29) is 0 Å². The number of hydrogen-bond donors (Lipinski definition) is 0. The first-order valence-corrected chi connectivity index (χ1v) is 21.4. The van der Waals surface area contributed by atoms with Gasteiger partial charge in [0.2, 0.25) is 5.79 Å². The Bertz CT molecular complexity index is 1740. The summed E-state index contributed by atoms with van der Waals surface area (Å²) in [4.78, 5) is 48.9. The van der Waals surface area contributed by atoms with Crippen LogP contribution < -0.4 is 0 Å². The summed E-state index contributed by atoms with van der Waals surface area (Å²) in [7, 11) is -17.7. The average molecular weight is 823 g/mol. The van der Waals surface area contributed by atoms with E-state index in [9.17, 15) is 52.8 Å². The van der Waals surface area contributed by atoms with Gasteiger partial charge in [-0.3, -0.25) is 35.9 Å². The van der Waals surface area contributed by atoms with E-state index in [4.69, 9.17) is 49.9 Å². The van der Waals surface area contributed by atoms with Crippen molar-refractivity contribution in [1.29, 1.82) is 0 Å². The third kappa shape index (κ3) is 14.7. The summed E-state index contributed by atoms with van der Waals surface area (Å²) in [6, 6.07) is 0. The molecule has 0 aliphatic carbocycles. The van der Waals surface area contributed by atoms with Gasteiger partial charge in [0, 0.05) is 27.7 Å². The van der Waals surface area contributed by atoms with Crippen LogP contribution in [0.15, 0.2) is 0 Å². The van der Waals surface area contributed by atoms with Crippen molar-refractivity contribution in [2.75, 3.05) is 44.8 Å². The smallest absolute Gasteiger partial charge is 0.303 e. The van der Waals surface area contributed by atoms with Gasteiger partial charge >= 0.3 is 23.9 Å². The molecule has 0 spiro atoms. The minimum atomic E-state index is -4.64. The fourth-order valence-electron chi connectivity index (χ4n) is 4.71. The van der Waals surface area contributed by atoms with Crippen LogP contribution in [0, 0.1) is 0 Å². The predicted octanol–water partition coefficient (Wildman–Crippen LogP) is -3.18. The second kappa shape index (κ2) is 17.0. The van der Waals surface area contributed by atoms with Crippen molar-refractivity contribution in [1.82, 2.24) is 0 Å². The molecule has 0 aromatic carbocycles. The van der Waals surface area contributed by atoms with Crippen LogP contribution in [0.4, 0.5) is 0 Å². The maximum absolute atomic E-state index is 12.5. The van der Waals surface area contributed by atoms with Gasteiger partial charge in [-0.2, -0.15) is 33.7 Å². The average Bonchev–Trinajstić information content (AvgIpc) is 3.17. The van der Waals surface area contributed by atoms with Crippen molar-refractivity contribution < 1.29 is 103 Å². The van der Waals surface area contributed by atoms with Gasteiger partial charge in [-0.25, -0.2) is 0 Å².